The fourth-order valence-electron chi connectivity index (χ4n) is 1.46. The summed E-state index contributed by atoms with van der Waals surface area (Å²) in [6.45, 7) is 3.59. The lowest BCUT2D eigenvalue weighted by Crippen LogP contribution is -2.38. The van der Waals surface area contributed by atoms with Gasteiger partial charge in [-0.05, 0) is 25.5 Å². The van der Waals surface area contributed by atoms with Gasteiger partial charge in [-0.3, -0.25) is 9.48 Å². The highest BCUT2D eigenvalue weighted by atomic mass is 16.5. The molecule has 0 saturated heterocycles. The lowest BCUT2D eigenvalue weighted by molar-refractivity contribution is -0.143. The van der Waals surface area contributed by atoms with E-state index in [1.807, 2.05) is 16.9 Å². The highest BCUT2D eigenvalue weighted by Gasteiger charge is 2.17. The van der Waals surface area contributed by atoms with Crippen molar-refractivity contribution in [3.8, 4) is 0 Å². The molecule has 0 amide bonds. The molecule has 1 heterocycles. The third-order valence-corrected chi connectivity index (χ3v) is 2.33. The van der Waals surface area contributed by atoms with Crippen LogP contribution in [0, 0.1) is 0 Å². The van der Waals surface area contributed by atoms with E-state index in [1.54, 1.807) is 6.20 Å². The summed E-state index contributed by atoms with van der Waals surface area (Å²) in [7, 11) is 1.41. The van der Waals surface area contributed by atoms with Gasteiger partial charge in [-0.15, -0.1) is 0 Å². The molecule has 0 aliphatic carbocycles. The summed E-state index contributed by atoms with van der Waals surface area (Å²) in [4.78, 5) is 11.5. The molecule has 0 aliphatic heterocycles. The van der Waals surface area contributed by atoms with E-state index in [-0.39, 0.29) is 12.0 Å². The smallest absolute Gasteiger partial charge is 0.322 e. The van der Waals surface area contributed by atoms with Gasteiger partial charge in [0.2, 0.25) is 0 Å². The summed E-state index contributed by atoms with van der Waals surface area (Å²) in [6.07, 6.45) is 5.30. The average molecular weight is 225 g/mol. The molecule has 1 unspecified atom stereocenters. The second-order valence-corrected chi connectivity index (χ2v) is 3.59. The standard InChI is InChI=1S/C11H19N3O2/c1-3-6-12-10(11(15)16-2)5-9-14-8-4-7-13-14/h4,7-8,10,12H,3,5-6,9H2,1-2H3. The van der Waals surface area contributed by atoms with Gasteiger partial charge < -0.3 is 10.1 Å². The molecule has 1 N–H and O–H groups in total. The molecule has 90 valence electrons. The molecule has 0 aromatic carbocycles. The average Bonchev–Trinajstić information content (AvgIpc) is 2.81. The zero-order valence-corrected chi connectivity index (χ0v) is 9.85. The van der Waals surface area contributed by atoms with Crippen LogP contribution in [0.5, 0.6) is 0 Å². The lowest BCUT2D eigenvalue weighted by atomic mass is 10.2. The Morgan fingerprint density at radius 3 is 3.00 bits per heavy atom. The van der Waals surface area contributed by atoms with Crippen LogP contribution in [-0.4, -0.2) is 35.4 Å². The van der Waals surface area contributed by atoms with Crippen LogP contribution in [-0.2, 0) is 16.1 Å². The predicted molar refractivity (Wildman–Crippen MR) is 60.9 cm³/mol. The van der Waals surface area contributed by atoms with Crippen molar-refractivity contribution in [1.82, 2.24) is 15.1 Å². The Morgan fingerprint density at radius 2 is 2.44 bits per heavy atom. The second-order valence-electron chi connectivity index (χ2n) is 3.59. The highest BCUT2D eigenvalue weighted by molar-refractivity contribution is 5.75. The van der Waals surface area contributed by atoms with Crippen LogP contribution in [0.3, 0.4) is 0 Å². The fraction of sp³-hybridized carbons (Fsp3) is 0.636. The SMILES string of the molecule is CCCNC(CCn1cccn1)C(=O)OC. The summed E-state index contributed by atoms with van der Waals surface area (Å²) in [5.74, 6) is -0.208. The first-order valence-corrected chi connectivity index (χ1v) is 5.56. The van der Waals surface area contributed by atoms with Crippen LogP contribution in [0.25, 0.3) is 0 Å². The fourth-order valence-corrected chi connectivity index (χ4v) is 1.46. The van der Waals surface area contributed by atoms with Gasteiger partial charge in [0.05, 0.1) is 7.11 Å². The van der Waals surface area contributed by atoms with Crippen molar-refractivity contribution in [2.24, 2.45) is 0 Å². The first-order chi connectivity index (χ1) is 7.77. The van der Waals surface area contributed by atoms with Crippen LogP contribution in [0.15, 0.2) is 18.5 Å². The number of nitrogens with one attached hydrogen (secondary N) is 1. The van der Waals surface area contributed by atoms with Gasteiger partial charge in [-0.2, -0.15) is 5.10 Å². The van der Waals surface area contributed by atoms with Crippen LogP contribution in [0.1, 0.15) is 19.8 Å². The minimum Gasteiger partial charge on any atom is -0.468 e. The minimum absolute atomic E-state index is 0.208. The Kier molecular flexibility index (Phi) is 5.56. The van der Waals surface area contributed by atoms with Gasteiger partial charge in [0, 0.05) is 18.9 Å². The number of methoxy groups -OCH3 is 1. The molecular formula is C11H19N3O2. The molecule has 0 saturated carbocycles. The lowest BCUT2D eigenvalue weighted by Gasteiger charge is -2.15. The molecule has 1 rings (SSSR count). The zero-order chi connectivity index (χ0) is 11.8. The maximum atomic E-state index is 11.5. The van der Waals surface area contributed by atoms with Gasteiger partial charge in [0.1, 0.15) is 6.04 Å². The molecule has 1 atom stereocenters. The largest absolute Gasteiger partial charge is 0.468 e. The van der Waals surface area contributed by atoms with Crippen molar-refractivity contribution < 1.29 is 9.53 Å². The summed E-state index contributed by atoms with van der Waals surface area (Å²) in [5, 5.41) is 7.26. The number of rotatable bonds is 7. The molecule has 1 aromatic heterocycles. The molecule has 5 heteroatoms. The third-order valence-electron chi connectivity index (χ3n) is 2.33. The van der Waals surface area contributed by atoms with Gasteiger partial charge in [0.15, 0.2) is 0 Å². The molecule has 0 fully saturated rings. The van der Waals surface area contributed by atoms with Crippen molar-refractivity contribution in [3.63, 3.8) is 0 Å². The maximum Gasteiger partial charge on any atom is 0.322 e. The Bertz CT molecular complexity index is 298. The van der Waals surface area contributed by atoms with E-state index in [0.29, 0.717) is 13.0 Å². The highest BCUT2D eigenvalue weighted by Crippen LogP contribution is 1.99. The van der Waals surface area contributed by atoms with Gasteiger partial charge in [0.25, 0.3) is 0 Å². The molecule has 0 aliphatic rings. The summed E-state index contributed by atoms with van der Waals surface area (Å²) in [6, 6.07) is 1.63. The van der Waals surface area contributed by atoms with Crippen LogP contribution >= 0.6 is 0 Å². The Labute approximate surface area is 95.8 Å². The second kappa shape index (κ2) is 7.00. The molecule has 0 radical (unpaired) electrons. The van der Waals surface area contributed by atoms with Crippen molar-refractivity contribution in [3.05, 3.63) is 18.5 Å². The van der Waals surface area contributed by atoms with E-state index in [9.17, 15) is 4.79 Å². The maximum absolute atomic E-state index is 11.5. The molecule has 0 bridgehead atoms. The summed E-state index contributed by atoms with van der Waals surface area (Å²) in [5.41, 5.74) is 0. The van der Waals surface area contributed by atoms with E-state index >= 15 is 0 Å². The molecular weight excluding hydrogens is 206 g/mol. The zero-order valence-electron chi connectivity index (χ0n) is 9.85. The third kappa shape index (κ3) is 4.02. The number of aromatic nitrogens is 2. The van der Waals surface area contributed by atoms with Crippen molar-refractivity contribution in [2.75, 3.05) is 13.7 Å². The Morgan fingerprint density at radius 1 is 1.62 bits per heavy atom. The number of hydrogen-bond acceptors (Lipinski definition) is 4. The quantitative estimate of drug-likeness (QED) is 0.698. The van der Waals surface area contributed by atoms with Gasteiger partial charge in [-0.1, -0.05) is 6.92 Å². The van der Waals surface area contributed by atoms with E-state index in [0.717, 1.165) is 13.0 Å². The predicted octanol–water partition coefficient (Wildman–Crippen LogP) is 0.814. The number of aryl methyl sites for hydroxylation is 1. The minimum atomic E-state index is -0.242. The van der Waals surface area contributed by atoms with E-state index in [2.05, 4.69) is 17.3 Å². The number of hydrogen-bond donors (Lipinski definition) is 1. The number of carbonyl (C=O) groups is 1. The van der Waals surface area contributed by atoms with E-state index < -0.39 is 0 Å². The van der Waals surface area contributed by atoms with Crippen LogP contribution < -0.4 is 5.32 Å². The molecule has 0 spiro atoms. The van der Waals surface area contributed by atoms with Crippen molar-refractivity contribution >= 4 is 5.97 Å². The van der Waals surface area contributed by atoms with Crippen molar-refractivity contribution in [1.29, 1.82) is 0 Å². The van der Waals surface area contributed by atoms with Gasteiger partial charge >= 0.3 is 5.97 Å². The number of carbonyl (C=O) groups excluding carboxylic acids is 1. The molecule has 5 nitrogen and oxygen atoms in total. The van der Waals surface area contributed by atoms with Gasteiger partial charge in [-0.25, -0.2) is 0 Å². The summed E-state index contributed by atoms with van der Waals surface area (Å²) >= 11 is 0. The van der Waals surface area contributed by atoms with E-state index in [1.165, 1.54) is 7.11 Å². The topological polar surface area (TPSA) is 56.2 Å². The summed E-state index contributed by atoms with van der Waals surface area (Å²) < 4.78 is 6.56. The van der Waals surface area contributed by atoms with Crippen LogP contribution in [0.4, 0.5) is 0 Å². The molecule has 16 heavy (non-hydrogen) atoms. The first kappa shape index (κ1) is 12.7. The van der Waals surface area contributed by atoms with Crippen LogP contribution in [0.2, 0.25) is 0 Å². The number of ether oxygens (including phenoxy) is 1. The number of esters is 1. The number of nitrogens with zero attached hydrogens (tertiary/aromatic N) is 2. The van der Waals surface area contributed by atoms with Crippen molar-refractivity contribution in [2.45, 2.75) is 32.4 Å². The Hall–Kier alpha value is -1.36. The first-order valence-electron chi connectivity index (χ1n) is 5.56. The molecule has 1 aromatic rings. The van der Waals surface area contributed by atoms with E-state index in [4.69, 9.17) is 4.74 Å². The monoisotopic (exact) mass is 225 g/mol. The Balaban J connectivity index is 2.40. The normalized spacial score (nSPS) is 12.4.